The number of hydrogen-bond donors (Lipinski definition) is 0. The van der Waals surface area contributed by atoms with Crippen LogP contribution in [0.2, 0.25) is 0 Å². The van der Waals surface area contributed by atoms with Gasteiger partial charge in [-0.15, -0.1) is 0 Å². The molecule has 7 aromatic carbocycles. The largest absolute Gasteiger partial charge is 0.454 e. The number of furan rings is 2. The van der Waals surface area contributed by atoms with E-state index in [4.69, 9.17) is 8.83 Å². The van der Waals surface area contributed by atoms with Crippen LogP contribution in [0, 0.1) is 0 Å². The molecule has 14 rings (SSSR count). The Balaban J connectivity index is 1.16. The monoisotopic (exact) mass is 859 g/mol. The summed E-state index contributed by atoms with van der Waals surface area (Å²) in [6.45, 7) is 19.2. The molecule has 1 saturated carbocycles. The smallest absolute Gasteiger partial charge is 0.252 e. The van der Waals surface area contributed by atoms with Crippen molar-refractivity contribution >= 4 is 106 Å². The van der Waals surface area contributed by atoms with Crippen molar-refractivity contribution in [2.24, 2.45) is 0 Å². The van der Waals surface area contributed by atoms with E-state index in [1.807, 2.05) is 0 Å². The molecule has 5 nitrogen and oxygen atoms in total. The summed E-state index contributed by atoms with van der Waals surface area (Å²) in [6.07, 6.45) is 4.73. The van der Waals surface area contributed by atoms with Crippen molar-refractivity contribution in [3.63, 3.8) is 0 Å². The molecular formula is C60H54BN3O2. The van der Waals surface area contributed by atoms with E-state index >= 15 is 0 Å². The number of hydrogen-bond acceptors (Lipinski definition) is 4. The van der Waals surface area contributed by atoms with Gasteiger partial charge in [0.25, 0.3) is 6.71 Å². The summed E-state index contributed by atoms with van der Waals surface area (Å²) in [5, 5.41) is 4.55. The van der Waals surface area contributed by atoms with Crippen LogP contribution in [0.5, 0.6) is 0 Å². The Hall–Kier alpha value is -6.66. The summed E-state index contributed by atoms with van der Waals surface area (Å²) < 4.78 is 16.5. The topological polar surface area (TPSA) is 37.7 Å². The molecule has 0 radical (unpaired) electrons. The lowest BCUT2D eigenvalue weighted by Crippen LogP contribution is -2.60. The molecular weight excluding hydrogens is 805 g/mol. The number of nitrogens with zero attached hydrogens (tertiary/aromatic N) is 3. The van der Waals surface area contributed by atoms with E-state index < -0.39 is 0 Å². The Morgan fingerprint density at radius 3 is 1.97 bits per heavy atom. The van der Waals surface area contributed by atoms with Crippen LogP contribution in [-0.4, -0.2) is 16.8 Å². The first-order valence-electron chi connectivity index (χ1n) is 24.2. The first-order valence-corrected chi connectivity index (χ1v) is 24.2. The highest BCUT2D eigenvalue weighted by Gasteiger charge is 2.58. The molecule has 4 aliphatic rings. The van der Waals surface area contributed by atoms with Crippen molar-refractivity contribution in [3.05, 3.63) is 150 Å². The fraction of sp³-hybridized carbons (Fsp3) is 0.267. The molecule has 0 spiro atoms. The lowest BCUT2D eigenvalue weighted by molar-refractivity contribution is 0.195. The average Bonchev–Trinajstić information content (AvgIpc) is 4.02. The molecule has 0 saturated heterocycles. The van der Waals surface area contributed by atoms with E-state index in [2.05, 4.69) is 203 Å². The SMILES string of the molecule is CC(C)(C)c1ccc2c(c1)N(c1cccc3c1oc1ccccc13)c1cc(N3c4ccc(C(C)(C)C)cc4C4(C)CCCCC34C)cc3c1B2c1cccc2c4oc5ccccc5c4n-3c12. The molecule has 0 bridgehead atoms. The second-order valence-corrected chi connectivity index (χ2v) is 22.4. The van der Waals surface area contributed by atoms with Gasteiger partial charge in [-0.1, -0.05) is 140 Å². The molecule has 66 heavy (non-hydrogen) atoms. The number of benzene rings is 7. The summed E-state index contributed by atoms with van der Waals surface area (Å²) in [5.41, 5.74) is 21.1. The van der Waals surface area contributed by atoms with Crippen molar-refractivity contribution in [1.29, 1.82) is 0 Å². The lowest BCUT2D eigenvalue weighted by atomic mass is 9.33. The zero-order valence-electron chi connectivity index (χ0n) is 39.3. The predicted molar refractivity (Wildman–Crippen MR) is 277 cm³/mol. The molecule has 6 heteroatoms. The van der Waals surface area contributed by atoms with Crippen LogP contribution in [0.1, 0.15) is 97.8 Å². The number of fused-ring (bicyclic) bond motifs is 15. The Labute approximate surface area is 386 Å². The van der Waals surface area contributed by atoms with E-state index in [1.165, 1.54) is 79.9 Å². The van der Waals surface area contributed by atoms with Crippen molar-refractivity contribution in [1.82, 2.24) is 4.57 Å². The predicted octanol–water partition coefficient (Wildman–Crippen LogP) is 14.4. The third-order valence-corrected chi connectivity index (χ3v) is 16.8. The maximum Gasteiger partial charge on any atom is 0.252 e. The minimum absolute atomic E-state index is 0.0172. The summed E-state index contributed by atoms with van der Waals surface area (Å²) in [4.78, 5) is 5.36. The quantitative estimate of drug-likeness (QED) is 0.162. The van der Waals surface area contributed by atoms with Gasteiger partial charge >= 0.3 is 0 Å². The van der Waals surface area contributed by atoms with E-state index in [-0.39, 0.29) is 28.5 Å². The highest BCUT2D eigenvalue weighted by atomic mass is 16.3. The molecule has 2 unspecified atom stereocenters. The molecule has 6 heterocycles. The highest BCUT2D eigenvalue weighted by molar-refractivity contribution is 7.00. The van der Waals surface area contributed by atoms with Crippen LogP contribution in [0.25, 0.3) is 60.6 Å². The van der Waals surface area contributed by atoms with Gasteiger partial charge in [-0.3, -0.25) is 0 Å². The fourth-order valence-electron chi connectivity index (χ4n) is 13.2. The second kappa shape index (κ2) is 12.6. The second-order valence-electron chi connectivity index (χ2n) is 22.4. The summed E-state index contributed by atoms with van der Waals surface area (Å²) >= 11 is 0. The van der Waals surface area contributed by atoms with E-state index in [1.54, 1.807) is 0 Å². The minimum Gasteiger partial charge on any atom is -0.454 e. The molecule has 0 amide bonds. The van der Waals surface area contributed by atoms with E-state index in [9.17, 15) is 0 Å². The van der Waals surface area contributed by atoms with E-state index in [0.29, 0.717) is 0 Å². The normalized spacial score (nSPS) is 19.9. The van der Waals surface area contributed by atoms with Crippen LogP contribution in [0.4, 0.5) is 28.4 Å². The Bertz CT molecular complexity index is 3760. The number of para-hydroxylation sites is 4. The van der Waals surface area contributed by atoms with Crippen molar-refractivity contribution < 1.29 is 8.83 Å². The third-order valence-electron chi connectivity index (χ3n) is 16.8. The maximum atomic E-state index is 6.99. The molecule has 3 aromatic heterocycles. The minimum atomic E-state index is -0.157. The molecule has 0 N–H and O–H groups in total. The fourth-order valence-corrected chi connectivity index (χ4v) is 13.2. The Morgan fingerprint density at radius 1 is 0.515 bits per heavy atom. The van der Waals surface area contributed by atoms with Crippen LogP contribution in [-0.2, 0) is 16.2 Å². The molecule has 3 aliphatic heterocycles. The molecule has 1 aliphatic carbocycles. The van der Waals surface area contributed by atoms with Gasteiger partial charge in [0, 0.05) is 55.4 Å². The highest BCUT2D eigenvalue weighted by Crippen LogP contribution is 2.62. The van der Waals surface area contributed by atoms with Crippen LogP contribution in [0.3, 0.4) is 0 Å². The third kappa shape index (κ3) is 4.77. The van der Waals surface area contributed by atoms with Gasteiger partial charge in [0.05, 0.1) is 16.7 Å². The van der Waals surface area contributed by atoms with Crippen LogP contribution < -0.4 is 26.2 Å². The zero-order valence-corrected chi connectivity index (χ0v) is 39.3. The molecule has 10 aromatic rings. The maximum absolute atomic E-state index is 6.99. The van der Waals surface area contributed by atoms with Gasteiger partial charge in [0.15, 0.2) is 11.2 Å². The molecule has 1 fully saturated rings. The van der Waals surface area contributed by atoms with E-state index in [0.717, 1.165) is 67.9 Å². The number of anilines is 5. The first kappa shape index (κ1) is 38.6. The van der Waals surface area contributed by atoms with Gasteiger partial charge < -0.3 is 23.2 Å². The number of aromatic nitrogens is 1. The molecule has 324 valence electrons. The zero-order chi connectivity index (χ0) is 44.8. The number of rotatable bonds is 2. The van der Waals surface area contributed by atoms with Crippen LogP contribution in [0.15, 0.2) is 142 Å². The summed E-state index contributed by atoms with van der Waals surface area (Å²) in [7, 11) is 0. The first-order chi connectivity index (χ1) is 31.7. The van der Waals surface area contributed by atoms with Crippen molar-refractivity contribution in [2.75, 3.05) is 9.80 Å². The van der Waals surface area contributed by atoms with Crippen LogP contribution >= 0.6 is 0 Å². The van der Waals surface area contributed by atoms with Crippen molar-refractivity contribution in [3.8, 4) is 5.69 Å². The Kier molecular flexibility index (Phi) is 7.38. The van der Waals surface area contributed by atoms with Gasteiger partial charge in [0.2, 0.25) is 0 Å². The molecule has 2 atom stereocenters. The van der Waals surface area contributed by atoms with Gasteiger partial charge in [-0.05, 0) is 118 Å². The summed E-state index contributed by atoms with van der Waals surface area (Å²) in [6, 6.07) is 50.6. The summed E-state index contributed by atoms with van der Waals surface area (Å²) in [5.74, 6) is 0. The average molecular weight is 860 g/mol. The van der Waals surface area contributed by atoms with Gasteiger partial charge in [0.1, 0.15) is 16.7 Å². The van der Waals surface area contributed by atoms with Gasteiger partial charge in [-0.25, -0.2) is 0 Å². The Morgan fingerprint density at radius 2 is 1.17 bits per heavy atom. The van der Waals surface area contributed by atoms with Gasteiger partial charge in [-0.2, -0.15) is 0 Å². The lowest BCUT2D eigenvalue weighted by Gasteiger charge is -2.51. The standard InChI is InChI=1S/C60H54BN3O2/c1-57(2,3)35-26-28-45-42(31-35)59(7)29-13-14-30-60(59,8)64(45)37-33-48-52-49(34-37)63-53-41(56-54(63)40-18-10-12-24-51(40)66-56)20-15-21-44(53)61(52)43-27-25-36(58(4,5)6)32-47(43)62(48)46-22-16-19-39-38-17-9-11-23-50(38)65-55(39)46/h9-12,15-28,31-34H,13-14,29-30H2,1-8H3. The van der Waals surface area contributed by atoms with Crippen molar-refractivity contribution in [2.45, 2.75) is 103 Å².